The maximum Gasteiger partial charge on any atom is 0.389 e. The van der Waals surface area contributed by atoms with Crippen LogP contribution in [0.15, 0.2) is 0 Å². The molecule has 128 valence electrons. The smallest absolute Gasteiger partial charge is 0.183 e. The molecule has 5 heteroatoms. The fourth-order valence-corrected chi connectivity index (χ4v) is 3.96. The number of rotatable bonds is 16. The predicted molar refractivity (Wildman–Crippen MR) is 104 cm³/mol. The van der Waals surface area contributed by atoms with Gasteiger partial charge in [-0.25, -0.2) is 0 Å². The van der Waals surface area contributed by atoms with Crippen LogP contribution in [-0.2, 0) is 9.05 Å². The van der Waals surface area contributed by atoms with Gasteiger partial charge in [-0.2, -0.15) is 9.05 Å². The van der Waals surface area contributed by atoms with Gasteiger partial charge >= 0.3 is 6.12 Å². The van der Waals surface area contributed by atoms with Crippen LogP contribution in [0.25, 0.3) is 0 Å². The lowest BCUT2D eigenvalue weighted by molar-refractivity contribution is 0.247. The second kappa shape index (κ2) is 15.9. The minimum Gasteiger partial charge on any atom is -0.183 e. The third kappa shape index (κ3) is 17.2. The van der Waals surface area contributed by atoms with Crippen LogP contribution in [0.5, 0.6) is 0 Å². The molecule has 0 bridgehead atoms. The standard InChI is InChI=1S/C16H36O2PS2/c1-3-5-7-9-11-13-15-17-19(20,21)18-16-14-12-10-8-6-4-2/h20-21H,3-16H2,1-2H3/q+1. The van der Waals surface area contributed by atoms with Crippen molar-refractivity contribution in [3.63, 3.8) is 0 Å². The first-order valence-electron chi connectivity index (χ1n) is 8.76. The van der Waals surface area contributed by atoms with Gasteiger partial charge < -0.3 is 0 Å². The lowest BCUT2D eigenvalue weighted by atomic mass is 10.1. The lowest BCUT2D eigenvalue weighted by Crippen LogP contribution is -1.97. The van der Waals surface area contributed by atoms with Gasteiger partial charge in [0.25, 0.3) is 0 Å². The first-order chi connectivity index (χ1) is 10.1. The third-order valence-electron chi connectivity index (χ3n) is 3.51. The zero-order valence-corrected chi connectivity index (χ0v) is 16.7. The molecule has 0 amide bonds. The van der Waals surface area contributed by atoms with Crippen LogP contribution in [0.2, 0.25) is 0 Å². The molecule has 0 unspecified atom stereocenters. The van der Waals surface area contributed by atoms with Crippen molar-refractivity contribution in [2.45, 2.75) is 90.9 Å². The van der Waals surface area contributed by atoms with Gasteiger partial charge in [-0.1, -0.05) is 78.1 Å². The average molecular weight is 356 g/mol. The summed E-state index contributed by atoms with van der Waals surface area (Å²) in [4.78, 5) is 0. The van der Waals surface area contributed by atoms with Crippen LogP contribution in [0.1, 0.15) is 90.9 Å². The molecule has 0 aliphatic rings. The highest BCUT2D eigenvalue weighted by Gasteiger charge is 2.33. The normalized spacial score (nSPS) is 12.0. The minimum absolute atomic E-state index is 0.726. The Hall–Kier alpha value is 1.05. The zero-order valence-electron chi connectivity index (χ0n) is 14.1. The average Bonchev–Trinajstić information content (AvgIpc) is 2.45. The molecule has 0 radical (unpaired) electrons. The Morgan fingerprint density at radius 2 is 0.905 bits per heavy atom. The molecule has 0 atom stereocenters. The van der Waals surface area contributed by atoms with Crippen molar-refractivity contribution >= 4 is 30.6 Å². The van der Waals surface area contributed by atoms with Gasteiger partial charge in [-0.05, 0) is 12.8 Å². The first-order valence-corrected chi connectivity index (χ1v) is 12.7. The maximum atomic E-state index is 5.70. The molecule has 0 spiro atoms. The highest BCUT2D eigenvalue weighted by Crippen LogP contribution is 2.70. The molecule has 2 nitrogen and oxygen atoms in total. The molecule has 0 fully saturated rings. The van der Waals surface area contributed by atoms with Crippen molar-refractivity contribution in [1.29, 1.82) is 0 Å². The number of unbranched alkanes of at least 4 members (excludes halogenated alkanes) is 10. The molecule has 0 aliphatic carbocycles. The van der Waals surface area contributed by atoms with Gasteiger partial charge in [0.2, 0.25) is 0 Å². The van der Waals surface area contributed by atoms with Gasteiger partial charge in [-0.3, -0.25) is 0 Å². The fourth-order valence-electron chi connectivity index (χ4n) is 2.17. The van der Waals surface area contributed by atoms with E-state index in [2.05, 4.69) is 38.3 Å². The van der Waals surface area contributed by atoms with Crippen molar-refractivity contribution < 1.29 is 9.05 Å². The first kappa shape index (κ1) is 22.1. The fraction of sp³-hybridized carbons (Fsp3) is 1.00. The van der Waals surface area contributed by atoms with E-state index in [9.17, 15) is 0 Å². The van der Waals surface area contributed by atoms with Gasteiger partial charge in [0.1, 0.15) is 0 Å². The SMILES string of the molecule is CCCCCCCCO[P+](S)(S)OCCCCCCCC. The molecule has 0 heterocycles. The Morgan fingerprint density at radius 3 is 1.29 bits per heavy atom. The highest BCUT2D eigenvalue weighted by molar-refractivity contribution is 8.82. The number of thiol groups is 2. The van der Waals surface area contributed by atoms with Crippen molar-refractivity contribution in [2.75, 3.05) is 13.2 Å². The van der Waals surface area contributed by atoms with Gasteiger partial charge in [0.15, 0.2) is 0 Å². The Balaban J connectivity index is 3.35. The molecular formula is C16H36O2PS2+. The van der Waals surface area contributed by atoms with Crippen LogP contribution in [-0.4, -0.2) is 13.2 Å². The van der Waals surface area contributed by atoms with Crippen molar-refractivity contribution in [3.8, 4) is 0 Å². The quantitative estimate of drug-likeness (QED) is 0.172. The molecule has 0 aliphatic heterocycles. The Bertz CT molecular complexity index is 196. The molecule has 0 N–H and O–H groups in total. The summed E-state index contributed by atoms with van der Waals surface area (Å²) in [5.74, 6) is 0. The third-order valence-corrected chi connectivity index (χ3v) is 5.94. The summed E-state index contributed by atoms with van der Waals surface area (Å²) in [6.45, 7) is 5.93. The summed E-state index contributed by atoms with van der Waals surface area (Å²) >= 11 is 8.87. The Labute approximate surface area is 144 Å². The Kier molecular flexibility index (Phi) is 16.7. The summed E-state index contributed by atoms with van der Waals surface area (Å²) in [6, 6.07) is 0. The van der Waals surface area contributed by atoms with E-state index in [0.717, 1.165) is 26.1 Å². The van der Waals surface area contributed by atoms with Crippen molar-refractivity contribution in [2.24, 2.45) is 0 Å². The Morgan fingerprint density at radius 1 is 0.571 bits per heavy atom. The monoisotopic (exact) mass is 355 g/mol. The van der Waals surface area contributed by atoms with E-state index >= 15 is 0 Å². The predicted octanol–water partition coefficient (Wildman–Crippen LogP) is 7.28. The highest BCUT2D eigenvalue weighted by atomic mass is 33.1. The van der Waals surface area contributed by atoms with Gasteiger partial charge in [0, 0.05) is 0 Å². The summed E-state index contributed by atoms with van der Waals surface area (Å²) in [6.07, 6.45) is 13.1. The minimum atomic E-state index is -2.18. The van der Waals surface area contributed by atoms with Gasteiger partial charge in [-0.15, -0.1) is 0 Å². The van der Waals surface area contributed by atoms with Crippen LogP contribution < -0.4 is 0 Å². The summed E-state index contributed by atoms with van der Waals surface area (Å²) < 4.78 is 11.4. The topological polar surface area (TPSA) is 18.5 Å². The lowest BCUT2D eigenvalue weighted by Gasteiger charge is -2.12. The molecule has 0 aromatic carbocycles. The van der Waals surface area contributed by atoms with Gasteiger partial charge in [0.05, 0.1) is 37.7 Å². The maximum absolute atomic E-state index is 5.70. The van der Waals surface area contributed by atoms with E-state index < -0.39 is 6.12 Å². The van der Waals surface area contributed by atoms with Crippen molar-refractivity contribution in [1.82, 2.24) is 0 Å². The summed E-state index contributed by atoms with van der Waals surface area (Å²) in [7, 11) is 0. The molecular weight excluding hydrogens is 319 g/mol. The molecule has 21 heavy (non-hydrogen) atoms. The summed E-state index contributed by atoms with van der Waals surface area (Å²) in [5.41, 5.74) is 0. The van der Waals surface area contributed by atoms with E-state index in [1.807, 2.05) is 0 Å². The largest absolute Gasteiger partial charge is 0.389 e. The van der Waals surface area contributed by atoms with E-state index in [1.54, 1.807) is 0 Å². The van der Waals surface area contributed by atoms with Crippen LogP contribution in [0.3, 0.4) is 0 Å². The molecule has 0 saturated carbocycles. The van der Waals surface area contributed by atoms with E-state index in [0.29, 0.717) is 0 Å². The molecule has 0 rings (SSSR count). The van der Waals surface area contributed by atoms with Crippen molar-refractivity contribution in [3.05, 3.63) is 0 Å². The zero-order chi connectivity index (χ0) is 15.8. The van der Waals surface area contributed by atoms with E-state index in [4.69, 9.17) is 9.05 Å². The molecule has 0 saturated heterocycles. The van der Waals surface area contributed by atoms with E-state index in [1.165, 1.54) is 64.2 Å². The second-order valence-electron chi connectivity index (χ2n) is 5.69. The van der Waals surface area contributed by atoms with E-state index in [-0.39, 0.29) is 0 Å². The number of hydrogen-bond acceptors (Lipinski definition) is 4. The van der Waals surface area contributed by atoms with Crippen LogP contribution in [0, 0.1) is 0 Å². The number of hydrogen-bond donors (Lipinski definition) is 2. The molecule has 0 aromatic rings. The van der Waals surface area contributed by atoms with Crippen LogP contribution >= 0.6 is 30.6 Å². The summed E-state index contributed by atoms with van der Waals surface area (Å²) in [5, 5.41) is 0. The molecule has 0 aromatic heterocycles. The second-order valence-corrected chi connectivity index (χ2v) is 11.3. The van der Waals surface area contributed by atoms with Crippen LogP contribution in [0.4, 0.5) is 0 Å².